The van der Waals surface area contributed by atoms with Crippen molar-refractivity contribution in [3.05, 3.63) is 29.1 Å². The molecule has 3 N–H and O–H groups in total. The van der Waals surface area contributed by atoms with Gasteiger partial charge >= 0.3 is 12.1 Å². The number of benzene rings is 1. The number of rotatable bonds is 4. The van der Waals surface area contributed by atoms with Gasteiger partial charge in [-0.15, -0.1) is 0 Å². The first-order valence-corrected chi connectivity index (χ1v) is 8.68. The fraction of sp³-hybridized carbons (Fsp3) is 0.556. The molecule has 2 rings (SSSR count). The lowest BCUT2D eigenvalue weighted by Gasteiger charge is -2.24. The van der Waals surface area contributed by atoms with Gasteiger partial charge in [0.2, 0.25) is 5.91 Å². The molecule has 1 aliphatic heterocycles. The average Bonchev–Trinajstić information content (AvgIpc) is 2.69. The zero-order chi connectivity index (χ0) is 22.0. The van der Waals surface area contributed by atoms with Crippen LogP contribution in [-0.2, 0) is 36.4 Å². The summed E-state index contributed by atoms with van der Waals surface area (Å²) in [5, 5.41) is 2.43. The Balaban J connectivity index is 2.23. The first-order valence-electron chi connectivity index (χ1n) is 8.68. The maximum absolute atomic E-state index is 14.1. The van der Waals surface area contributed by atoms with Crippen molar-refractivity contribution in [1.82, 2.24) is 5.32 Å². The minimum absolute atomic E-state index is 0.113. The number of ether oxygens (including phenoxy) is 3. The molecular weight excluding hydrogens is 400 g/mol. The zero-order valence-electron chi connectivity index (χ0n) is 16.1. The first kappa shape index (κ1) is 22.9. The van der Waals surface area contributed by atoms with E-state index in [0.29, 0.717) is 0 Å². The van der Waals surface area contributed by atoms with Gasteiger partial charge in [0.25, 0.3) is 0 Å². The molecule has 0 aliphatic carbocycles. The molecule has 1 amide bonds. The molecule has 29 heavy (non-hydrogen) atoms. The van der Waals surface area contributed by atoms with Crippen LogP contribution in [0.25, 0.3) is 0 Å². The topological polar surface area (TPSA) is 99.9 Å². The molecule has 0 radical (unpaired) electrons. The zero-order valence-corrected chi connectivity index (χ0v) is 16.1. The second kappa shape index (κ2) is 8.54. The Kier molecular flexibility index (Phi) is 6.74. The van der Waals surface area contributed by atoms with E-state index in [4.69, 9.17) is 19.9 Å². The molecule has 162 valence electrons. The van der Waals surface area contributed by atoms with E-state index in [0.717, 1.165) is 19.1 Å². The van der Waals surface area contributed by atoms with Crippen LogP contribution < -0.4 is 11.1 Å². The van der Waals surface area contributed by atoms with Crippen molar-refractivity contribution >= 4 is 17.6 Å². The molecule has 1 aliphatic rings. The minimum atomic E-state index is -4.94. The second-order valence-electron chi connectivity index (χ2n) is 7.01. The summed E-state index contributed by atoms with van der Waals surface area (Å²) in [7, 11) is 0. The number of nitrogen functional groups attached to an aromatic ring is 1. The van der Waals surface area contributed by atoms with Crippen molar-refractivity contribution in [1.29, 1.82) is 0 Å². The Labute approximate surface area is 164 Å². The molecular formula is C18H22F4N2O5. The summed E-state index contributed by atoms with van der Waals surface area (Å²) in [5.41, 5.74) is 2.40. The van der Waals surface area contributed by atoms with E-state index in [2.05, 4.69) is 5.32 Å². The highest BCUT2D eigenvalue weighted by Crippen LogP contribution is 2.37. The SMILES string of the molecule is CC(=O)OC1COC(C)(C)OCC1NC(=O)Cc1c(F)ccc(N)c1C(F)(F)F. The molecule has 2 atom stereocenters. The monoisotopic (exact) mass is 422 g/mol. The summed E-state index contributed by atoms with van der Waals surface area (Å²) in [6.45, 7) is 4.13. The second-order valence-corrected chi connectivity index (χ2v) is 7.01. The third kappa shape index (κ3) is 6.04. The van der Waals surface area contributed by atoms with E-state index in [1.807, 2.05) is 0 Å². The summed E-state index contributed by atoms with van der Waals surface area (Å²) in [6, 6.07) is 0.640. The van der Waals surface area contributed by atoms with E-state index in [-0.39, 0.29) is 13.2 Å². The Morgan fingerprint density at radius 2 is 1.90 bits per heavy atom. The van der Waals surface area contributed by atoms with Crippen LogP contribution in [0.15, 0.2) is 12.1 Å². The number of alkyl halides is 3. The number of esters is 1. The summed E-state index contributed by atoms with van der Waals surface area (Å²) >= 11 is 0. The van der Waals surface area contributed by atoms with Gasteiger partial charge in [0.05, 0.1) is 31.2 Å². The van der Waals surface area contributed by atoms with Crippen molar-refractivity contribution in [2.24, 2.45) is 0 Å². The fourth-order valence-corrected chi connectivity index (χ4v) is 2.87. The number of carbonyl (C=O) groups excluding carboxylic acids is 2. The van der Waals surface area contributed by atoms with E-state index >= 15 is 0 Å². The van der Waals surface area contributed by atoms with Crippen molar-refractivity contribution in [3.63, 3.8) is 0 Å². The molecule has 1 heterocycles. The van der Waals surface area contributed by atoms with Gasteiger partial charge in [-0.2, -0.15) is 13.2 Å². The number of nitrogens with one attached hydrogen (secondary N) is 1. The third-order valence-corrected chi connectivity index (χ3v) is 4.23. The van der Waals surface area contributed by atoms with Gasteiger partial charge in [-0.05, 0) is 26.0 Å². The fourth-order valence-electron chi connectivity index (χ4n) is 2.87. The summed E-state index contributed by atoms with van der Waals surface area (Å²) < 4.78 is 69.9. The van der Waals surface area contributed by atoms with Gasteiger partial charge in [-0.3, -0.25) is 9.59 Å². The molecule has 0 spiro atoms. The van der Waals surface area contributed by atoms with Gasteiger partial charge in [0.15, 0.2) is 5.79 Å². The molecule has 0 aromatic heterocycles. The molecule has 0 bridgehead atoms. The highest BCUT2D eigenvalue weighted by atomic mass is 19.4. The molecule has 1 fully saturated rings. The third-order valence-electron chi connectivity index (χ3n) is 4.23. The normalized spacial score (nSPS) is 21.9. The molecule has 1 saturated heterocycles. The Morgan fingerprint density at radius 1 is 1.28 bits per heavy atom. The van der Waals surface area contributed by atoms with E-state index in [1.165, 1.54) is 0 Å². The number of carbonyl (C=O) groups is 2. The maximum Gasteiger partial charge on any atom is 0.418 e. The maximum atomic E-state index is 14.1. The van der Waals surface area contributed by atoms with Gasteiger partial charge in [0, 0.05) is 18.2 Å². The predicted octanol–water partition coefficient (Wildman–Crippen LogP) is 2.17. The van der Waals surface area contributed by atoms with Crippen LogP contribution >= 0.6 is 0 Å². The average molecular weight is 422 g/mol. The molecule has 7 nitrogen and oxygen atoms in total. The number of hydrogen-bond donors (Lipinski definition) is 2. The molecule has 1 aromatic rings. The lowest BCUT2D eigenvalue weighted by Crippen LogP contribution is -2.49. The van der Waals surface area contributed by atoms with Crippen molar-refractivity contribution < 1.29 is 41.4 Å². The Hall–Kier alpha value is -2.40. The van der Waals surface area contributed by atoms with Crippen LogP contribution in [0, 0.1) is 5.82 Å². The van der Waals surface area contributed by atoms with E-state index in [9.17, 15) is 27.2 Å². The van der Waals surface area contributed by atoms with Crippen molar-refractivity contribution in [2.75, 3.05) is 18.9 Å². The van der Waals surface area contributed by atoms with Gasteiger partial charge < -0.3 is 25.3 Å². The lowest BCUT2D eigenvalue weighted by atomic mass is 10.0. The largest absolute Gasteiger partial charge is 0.458 e. The van der Waals surface area contributed by atoms with Gasteiger partial charge in [-0.25, -0.2) is 4.39 Å². The summed E-state index contributed by atoms with van der Waals surface area (Å²) in [5.74, 6) is -3.80. The predicted molar refractivity (Wildman–Crippen MR) is 93.0 cm³/mol. The van der Waals surface area contributed by atoms with Crippen molar-refractivity contribution in [2.45, 2.75) is 51.3 Å². The lowest BCUT2D eigenvalue weighted by molar-refractivity contribution is -0.205. The number of nitrogens with two attached hydrogens (primary N) is 1. The quantitative estimate of drug-likeness (QED) is 0.438. The van der Waals surface area contributed by atoms with E-state index < -0.39 is 65.0 Å². The summed E-state index contributed by atoms with van der Waals surface area (Å²) in [4.78, 5) is 23.7. The molecule has 11 heteroatoms. The number of amides is 1. The number of hydrogen-bond acceptors (Lipinski definition) is 6. The first-order chi connectivity index (χ1) is 13.3. The highest BCUT2D eigenvalue weighted by molar-refractivity contribution is 5.80. The number of halogens is 4. The van der Waals surface area contributed by atoms with E-state index in [1.54, 1.807) is 13.8 Å². The molecule has 0 saturated carbocycles. The smallest absolute Gasteiger partial charge is 0.418 e. The van der Waals surface area contributed by atoms with Crippen LogP contribution in [0.5, 0.6) is 0 Å². The number of anilines is 1. The molecule has 2 unspecified atom stereocenters. The standard InChI is InChI=1S/C18H22F4N2O5/c1-9(25)29-14-8-28-17(2,3)27-7-13(14)24-15(26)6-10-11(19)4-5-12(23)16(10)18(20,21)22/h4-5,13-14H,6-8,23H2,1-3H3,(H,24,26). The van der Waals surface area contributed by atoms with Crippen molar-refractivity contribution in [3.8, 4) is 0 Å². The Bertz CT molecular complexity index is 782. The van der Waals surface area contributed by atoms with Crippen LogP contribution in [0.3, 0.4) is 0 Å². The van der Waals surface area contributed by atoms with Crippen LogP contribution in [0.1, 0.15) is 31.9 Å². The van der Waals surface area contributed by atoms with Crippen LogP contribution in [0.4, 0.5) is 23.2 Å². The Morgan fingerprint density at radius 3 is 2.48 bits per heavy atom. The van der Waals surface area contributed by atoms with Gasteiger partial charge in [0.1, 0.15) is 11.9 Å². The van der Waals surface area contributed by atoms with Crippen LogP contribution in [0.2, 0.25) is 0 Å². The minimum Gasteiger partial charge on any atom is -0.458 e. The van der Waals surface area contributed by atoms with Gasteiger partial charge in [-0.1, -0.05) is 0 Å². The highest BCUT2D eigenvalue weighted by Gasteiger charge is 2.39. The summed E-state index contributed by atoms with van der Waals surface area (Å²) in [6.07, 6.45) is -6.80. The van der Waals surface area contributed by atoms with Crippen LogP contribution in [-0.4, -0.2) is 43.0 Å². The molecule has 1 aromatic carbocycles.